The Bertz CT molecular complexity index is 851. The maximum absolute atomic E-state index is 12.6. The highest BCUT2D eigenvalue weighted by molar-refractivity contribution is 7.13. The number of nitrogens with one attached hydrogen (secondary N) is 1. The summed E-state index contributed by atoms with van der Waals surface area (Å²) in [5.41, 5.74) is 8.47. The van der Waals surface area contributed by atoms with Gasteiger partial charge in [0, 0.05) is 30.1 Å². The Morgan fingerprint density at radius 2 is 1.96 bits per heavy atom. The topological polar surface area (TPSA) is 87.9 Å². The van der Waals surface area contributed by atoms with Crippen molar-refractivity contribution >= 4 is 22.4 Å². The molecule has 3 N–H and O–H groups in total. The van der Waals surface area contributed by atoms with E-state index in [1.165, 1.54) is 16.9 Å². The second-order valence-corrected chi connectivity index (χ2v) is 7.17. The fourth-order valence-electron chi connectivity index (χ4n) is 3.59. The smallest absolute Gasteiger partial charge is 0.271 e. The van der Waals surface area contributed by atoms with E-state index in [0.717, 1.165) is 18.5 Å². The molecule has 2 aromatic heterocycles. The molecule has 1 saturated heterocycles. The van der Waals surface area contributed by atoms with E-state index < -0.39 is 0 Å². The number of carbonyl (C=O) groups is 1. The average molecular weight is 353 g/mol. The van der Waals surface area contributed by atoms with Crippen molar-refractivity contribution in [3.63, 3.8) is 0 Å². The Balaban J connectivity index is 1.63. The van der Waals surface area contributed by atoms with E-state index >= 15 is 0 Å². The molecular formula is C18H19N5OS. The van der Waals surface area contributed by atoms with Crippen LogP contribution in [0.15, 0.2) is 48.0 Å². The number of amides is 1. The molecule has 1 aliphatic heterocycles. The van der Waals surface area contributed by atoms with Crippen LogP contribution in [-0.4, -0.2) is 39.1 Å². The minimum Gasteiger partial charge on any atom is -0.375 e. The molecule has 3 heterocycles. The molecule has 1 aliphatic rings. The number of anilines is 1. The molecule has 4 rings (SSSR count). The molecule has 1 aromatic carbocycles. The van der Waals surface area contributed by atoms with E-state index in [-0.39, 0.29) is 11.3 Å². The zero-order valence-electron chi connectivity index (χ0n) is 13.7. The number of likely N-dealkylation sites (tertiary alicyclic amines) is 1. The lowest BCUT2D eigenvalue weighted by Crippen LogP contribution is -2.46. The Hall–Kier alpha value is -2.67. The number of piperidine rings is 1. The maximum Gasteiger partial charge on any atom is 0.271 e. The molecule has 0 radical (unpaired) electrons. The molecule has 1 amide bonds. The van der Waals surface area contributed by atoms with Crippen LogP contribution in [0, 0.1) is 0 Å². The molecule has 0 bridgehead atoms. The lowest BCUT2D eigenvalue weighted by Gasteiger charge is -2.41. The monoisotopic (exact) mass is 353 g/mol. The van der Waals surface area contributed by atoms with Crippen LogP contribution in [0.1, 0.15) is 34.6 Å². The van der Waals surface area contributed by atoms with Gasteiger partial charge in [0.15, 0.2) is 5.13 Å². The summed E-state index contributed by atoms with van der Waals surface area (Å²) in [6.45, 7) is 1.34. The predicted octanol–water partition coefficient (Wildman–Crippen LogP) is 2.67. The van der Waals surface area contributed by atoms with Gasteiger partial charge < -0.3 is 10.6 Å². The van der Waals surface area contributed by atoms with Crippen LogP contribution in [-0.2, 0) is 5.41 Å². The molecule has 0 atom stereocenters. The Labute approximate surface area is 149 Å². The second-order valence-electron chi connectivity index (χ2n) is 6.28. The van der Waals surface area contributed by atoms with Crippen molar-refractivity contribution in [2.75, 3.05) is 18.8 Å². The highest BCUT2D eigenvalue weighted by Crippen LogP contribution is 2.42. The number of benzene rings is 1. The zero-order valence-corrected chi connectivity index (χ0v) is 14.5. The number of aromatic nitrogens is 3. The summed E-state index contributed by atoms with van der Waals surface area (Å²) in [5.74, 6) is -0.00282. The van der Waals surface area contributed by atoms with Gasteiger partial charge in [0.2, 0.25) is 0 Å². The van der Waals surface area contributed by atoms with Crippen LogP contribution in [0.25, 0.3) is 0 Å². The minimum atomic E-state index is -0.194. The van der Waals surface area contributed by atoms with Crippen molar-refractivity contribution in [2.45, 2.75) is 18.3 Å². The van der Waals surface area contributed by atoms with Crippen molar-refractivity contribution in [1.82, 2.24) is 20.1 Å². The van der Waals surface area contributed by atoms with Crippen LogP contribution in [0.4, 0.5) is 5.13 Å². The lowest BCUT2D eigenvalue weighted by molar-refractivity contribution is 0.0678. The highest BCUT2D eigenvalue weighted by atomic mass is 32.1. The number of thiazole rings is 1. The van der Waals surface area contributed by atoms with E-state index in [1.54, 1.807) is 12.3 Å². The number of nitrogens with two attached hydrogens (primary N) is 1. The first kappa shape index (κ1) is 15.8. The molecule has 0 unspecified atom stereocenters. The summed E-state index contributed by atoms with van der Waals surface area (Å²) in [6.07, 6.45) is 3.24. The third-order valence-corrected chi connectivity index (χ3v) is 5.65. The van der Waals surface area contributed by atoms with Gasteiger partial charge in [-0.3, -0.25) is 9.89 Å². The summed E-state index contributed by atoms with van der Waals surface area (Å²) in [5, 5.41) is 9.26. The number of hydrogen-bond donors (Lipinski definition) is 2. The third kappa shape index (κ3) is 2.80. The van der Waals surface area contributed by atoms with Crippen LogP contribution in [0.5, 0.6) is 0 Å². The number of aromatic amines is 1. The van der Waals surface area contributed by atoms with Crippen LogP contribution >= 0.6 is 11.3 Å². The van der Waals surface area contributed by atoms with Gasteiger partial charge in [-0.2, -0.15) is 5.10 Å². The average Bonchev–Trinajstić information content (AvgIpc) is 3.34. The summed E-state index contributed by atoms with van der Waals surface area (Å²) >= 11 is 1.47. The van der Waals surface area contributed by atoms with Gasteiger partial charge in [-0.25, -0.2) is 4.98 Å². The summed E-state index contributed by atoms with van der Waals surface area (Å²) in [4.78, 5) is 19.0. The molecule has 0 saturated carbocycles. The van der Waals surface area contributed by atoms with Crippen molar-refractivity contribution in [1.29, 1.82) is 0 Å². The van der Waals surface area contributed by atoms with Crippen LogP contribution in [0.2, 0.25) is 0 Å². The van der Waals surface area contributed by atoms with Gasteiger partial charge in [-0.15, -0.1) is 11.3 Å². The Morgan fingerprint density at radius 1 is 1.20 bits per heavy atom. The zero-order chi connectivity index (χ0) is 17.3. The van der Waals surface area contributed by atoms with Gasteiger partial charge >= 0.3 is 0 Å². The number of carbonyl (C=O) groups excluding carboxylic acids is 1. The van der Waals surface area contributed by atoms with Gasteiger partial charge in [0.1, 0.15) is 5.69 Å². The highest BCUT2D eigenvalue weighted by Gasteiger charge is 2.40. The predicted molar refractivity (Wildman–Crippen MR) is 97.5 cm³/mol. The molecule has 0 spiro atoms. The summed E-state index contributed by atoms with van der Waals surface area (Å²) in [7, 11) is 0. The molecular weight excluding hydrogens is 334 g/mol. The van der Waals surface area contributed by atoms with Gasteiger partial charge in [0.25, 0.3) is 5.91 Å². The largest absolute Gasteiger partial charge is 0.375 e. The molecule has 7 heteroatoms. The quantitative estimate of drug-likeness (QED) is 0.758. The van der Waals surface area contributed by atoms with Crippen LogP contribution < -0.4 is 5.73 Å². The molecule has 6 nitrogen and oxygen atoms in total. The molecule has 1 fully saturated rings. The number of H-pyrrole nitrogens is 1. The summed E-state index contributed by atoms with van der Waals surface area (Å²) < 4.78 is 0. The first-order valence-electron chi connectivity index (χ1n) is 8.25. The van der Waals surface area contributed by atoms with E-state index in [1.807, 2.05) is 11.0 Å². The van der Waals surface area contributed by atoms with E-state index in [9.17, 15) is 4.79 Å². The first-order chi connectivity index (χ1) is 12.2. The maximum atomic E-state index is 12.6. The number of hydrogen-bond acceptors (Lipinski definition) is 5. The van der Waals surface area contributed by atoms with Crippen LogP contribution in [0.3, 0.4) is 0 Å². The van der Waals surface area contributed by atoms with Crippen molar-refractivity contribution in [2.24, 2.45) is 0 Å². The van der Waals surface area contributed by atoms with E-state index in [0.29, 0.717) is 23.9 Å². The Kier molecular flexibility index (Phi) is 4.01. The van der Waals surface area contributed by atoms with Crippen molar-refractivity contribution < 1.29 is 4.79 Å². The number of rotatable bonds is 3. The van der Waals surface area contributed by atoms with Gasteiger partial charge in [0.05, 0.1) is 5.69 Å². The third-order valence-electron chi connectivity index (χ3n) is 4.97. The first-order valence-corrected chi connectivity index (χ1v) is 9.13. The standard InChI is InChI=1S/C18H19N5OS/c19-17-21-15(12-25-17)18(13-4-2-1-3-5-13)7-10-23(11-8-18)16(24)14-6-9-20-22-14/h1-6,9,12H,7-8,10-11H2,(H2,19,21)(H,20,22). The molecule has 0 aliphatic carbocycles. The van der Waals surface area contributed by atoms with E-state index in [4.69, 9.17) is 5.73 Å². The second kappa shape index (κ2) is 6.33. The normalized spacial score (nSPS) is 16.7. The fraction of sp³-hybridized carbons (Fsp3) is 0.278. The molecule has 128 valence electrons. The SMILES string of the molecule is Nc1nc(C2(c3ccccc3)CCN(C(=O)c3ccn[nH]3)CC2)cs1. The number of nitrogen functional groups attached to an aromatic ring is 1. The Morgan fingerprint density at radius 3 is 2.56 bits per heavy atom. The molecule has 3 aromatic rings. The van der Waals surface area contributed by atoms with Crippen molar-refractivity contribution in [3.05, 3.63) is 64.9 Å². The minimum absolute atomic E-state index is 0.00282. The molecule has 25 heavy (non-hydrogen) atoms. The fourth-order valence-corrected chi connectivity index (χ4v) is 4.26. The van der Waals surface area contributed by atoms with Gasteiger partial charge in [-0.05, 0) is 24.5 Å². The van der Waals surface area contributed by atoms with E-state index in [2.05, 4.69) is 44.8 Å². The summed E-state index contributed by atoms with van der Waals surface area (Å²) in [6, 6.07) is 12.1. The number of nitrogens with zero attached hydrogens (tertiary/aromatic N) is 3. The van der Waals surface area contributed by atoms with Crippen molar-refractivity contribution in [3.8, 4) is 0 Å². The lowest BCUT2D eigenvalue weighted by atomic mass is 9.70. The van der Waals surface area contributed by atoms with Gasteiger partial charge in [-0.1, -0.05) is 30.3 Å².